The highest BCUT2D eigenvalue weighted by Crippen LogP contribution is 2.39. The second kappa shape index (κ2) is 10.2. The lowest BCUT2D eigenvalue weighted by molar-refractivity contribution is -0.153. The zero-order valence-electron chi connectivity index (χ0n) is 23.4. The van der Waals surface area contributed by atoms with E-state index < -0.39 is 5.54 Å². The summed E-state index contributed by atoms with van der Waals surface area (Å²) in [5.41, 5.74) is 7.61. The fraction of sp³-hybridized carbons (Fsp3) is 0.312. The summed E-state index contributed by atoms with van der Waals surface area (Å²) in [6, 6.07) is 17.5. The zero-order valence-corrected chi connectivity index (χ0v) is 23.4. The van der Waals surface area contributed by atoms with Gasteiger partial charge in [-0.3, -0.25) is 9.69 Å². The summed E-state index contributed by atoms with van der Waals surface area (Å²) in [7, 11) is 0. The molecule has 0 amide bonds. The van der Waals surface area contributed by atoms with Gasteiger partial charge < -0.3 is 13.8 Å². The molecule has 39 heavy (non-hydrogen) atoms. The molecule has 5 rings (SSSR count). The predicted octanol–water partition coefficient (Wildman–Crippen LogP) is 7.09. The number of rotatable bonds is 9. The van der Waals surface area contributed by atoms with Crippen molar-refractivity contribution in [1.29, 1.82) is 0 Å². The maximum absolute atomic E-state index is 13.4. The SMILES string of the molecule is CCN(CC)C(C)(C)C(=O)ONc1coc2c1ccc1c2c2cc(C(=O)c3ccccc3C)ccc2n1CC. The molecule has 7 nitrogen and oxygen atoms in total. The number of hydrogen-bond acceptors (Lipinski definition) is 6. The van der Waals surface area contributed by atoms with Crippen LogP contribution in [0.4, 0.5) is 5.69 Å². The number of anilines is 1. The zero-order chi connectivity index (χ0) is 27.9. The molecule has 0 aliphatic carbocycles. The molecule has 2 heterocycles. The average Bonchev–Trinajstić information content (AvgIpc) is 3.49. The number of carbonyl (C=O) groups excluding carboxylic acids is 2. The highest BCUT2D eigenvalue weighted by atomic mass is 16.7. The Balaban J connectivity index is 1.57. The molecule has 202 valence electrons. The van der Waals surface area contributed by atoms with Crippen LogP contribution in [0.25, 0.3) is 32.8 Å². The molecule has 0 unspecified atom stereocenters. The number of nitrogens with zero attached hydrogens (tertiary/aromatic N) is 2. The number of aryl methyl sites for hydroxylation is 2. The third kappa shape index (κ3) is 4.36. The molecule has 7 heteroatoms. The van der Waals surface area contributed by atoms with Gasteiger partial charge in [-0.15, -0.1) is 0 Å². The van der Waals surface area contributed by atoms with Gasteiger partial charge in [-0.05, 0) is 76.7 Å². The van der Waals surface area contributed by atoms with Crippen molar-refractivity contribution < 1.29 is 18.8 Å². The van der Waals surface area contributed by atoms with E-state index in [0.717, 1.165) is 52.4 Å². The molecule has 0 radical (unpaired) electrons. The Labute approximate surface area is 228 Å². The summed E-state index contributed by atoms with van der Waals surface area (Å²) in [6.07, 6.45) is 1.57. The van der Waals surface area contributed by atoms with E-state index in [-0.39, 0.29) is 11.8 Å². The highest BCUT2D eigenvalue weighted by molar-refractivity contribution is 6.22. The van der Waals surface area contributed by atoms with Crippen LogP contribution >= 0.6 is 0 Å². The number of fused-ring (bicyclic) bond motifs is 5. The average molecular weight is 526 g/mol. The largest absolute Gasteiger partial charge is 0.461 e. The van der Waals surface area contributed by atoms with Crippen molar-refractivity contribution in [2.24, 2.45) is 0 Å². The fourth-order valence-corrected chi connectivity index (χ4v) is 5.59. The van der Waals surface area contributed by atoms with Gasteiger partial charge in [0.05, 0.1) is 10.9 Å². The van der Waals surface area contributed by atoms with Crippen LogP contribution in [0.2, 0.25) is 0 Å². The molecule has 2 aromatic heterocycles. The van der Waals surface area contributed by atoms with Gasteiger partial charge >= 0.3 is 5.97 Å². The molecule has 0 aliphatic rings. The first kappa shape index (κ1) is 26.5. The van der Waals surface area contributed by atoms with Crippen LogP contribution in [0.1, 0.15) is 56.1 Å². The predicted molar refractivity (Wildman–Crippen MR) is 156 cm³/mol. The Morgan fingerprint density at radius 3 is 2.38 bits per heavy atom. The van der Waals surface area contributed by atoms with Crippen molar-refractivity contribution in [3.05, 3.63) is 77.6 Å². The molecule has 0 aliphatic heterocycles. The van der Waals surface area contributed by atoms with Gasteiger partial charge in [0.25, 0.3) is 0 Å². The quantitative estimate of drug-likeness (QED) is 0.164. The third-order valence-electron chi connectivity index (χ3n) is 7.84. The lowest BCUT2D eigenvalue weighted by Crippen LogP contribution is -2.51. The van der Waals surface area contributed by atoms with Gasteiger partial charge in [0, 0.05) is 34.0 Å². The molecule has 0 atom stereocenters. The molecular formula is C32H35N3O4. The molecule has 3 aromatic carbocycles. The Morgan fingerprint density at radius 1 is 0.974 bits per heavy atom. The number of furan rings is 1. The number of ketones is 1. The number of aromatic nitrogens is 1. The van der Waals surface area contributed by atoms with Crippen LogP contribution in [0.15, 0.2) is 65.3 Å². The van der Waals surface area contributed by atoms with Crippen molar-refractivity contribution in [1.82, 2.24) is 9.47 Å². The summed E-state index contributed by atoms with van der Waals surface area (Å²) in [4.78, 5) is 33.9. The monoisotopic (exact) mass is 525 g/mol. The summed E-state index contributed by atoms with van der Waals surface area (Å²) < 4.78 is 8.29. The first-order valence-electron chi connectivity index (χ1n) is 13.5. The lowest BCUT2D eigenvalue weighted by atomic mass is 9.97. The minimum atomic E-state index is -0.780. The summed E-state index contributed by atoms with van der Waals surface area (Å²) in [6.45, 7) is 14.0. The second-order valence-electron chi connectivity index (χ2n) is 10.3. The normalized spacial score (nSPS) is 12.1. The second-order valence-corrected chi connectivity index (χ2v) is 10.3. The van der Waals surface area contributed by atoms with Crippen LogP contribution in [-0.4, -0.2) is 39.8 Å². The topological polar surface area (TPSA) is 76.7 Å². The Bertz CT molecular complexity index is 1710. The van der Waals surface area contributed by atoms with E-state index in [1.54, 1.807) is 6.26 Å². The van der Waals surface area contributed by atoms with E-state index in [9.17, 15) is 9.59 Å². The van der Waals surface area contributed by atoms with Gasteiger partial charge in [0.15, 0.2) is 5.78 Å². The summed E-state index contributed by atoms with van der Waals surface area (Å²) >= 11 is 0. The maximum atomic E-state index is 13.4. The van der Waals surface area contributed by atoms with E-state index in [1.165, 1.54) is 0 Å². The van der Waals surface area contributed by atoms with Crippen LogP contribution < -0.4 is 5.48 Å². The van der Waals surface area contributed by atoms with Crippen molar-refractivity contribution in [3.63, 3.8) is 0 Å². The molecule has 0 bridgehead atoms. The van der Waals surface area contributed by atoms with E-state index in [2.05, 4.69) is 17.0 Å². The molecule has 0 fully saturated rings. The van der Waals surface area contributed by atoms with Gasteiger partial charge in [-0.2, -0.15) is 0 Å². The van der Waals surface area contributed by atoms with E-state index in [1.807, 2.05) is 94.1 Å². The highest BCUT2D eigenvalue weighted by Gasteiger charge is 2.35. The summed E-state index contributed by atoms with van der Waals surface area (Å²) in [5, 5.41) is 2.66. The van der Waals surface area contributed by atoms with Crippen molar-refractivity contribution in [2.75, 3.05) is 18.6 Å². The molecule has 1 N–H and O–H groups in total. The van der Waals surface area contributed by atoms with Crippen LogP contribution in [-0.2, 0) is 16.2 Å². The Kier molecular flexibility index (Phi) is 6.95. The van der Waals surface area contributed by atoms with Gasteiger partial charge in [-0.1, -0.05) is 38.1 Å². The van der Waals surface area contributed by atoms with Crippen LogP contribution in [0.5, 0.6) is 0 Å². The van der Waals surface area contributed by atoms with Crippen molar-refractivity contribution >= 4 is 50.2 Å². The fourth-order valence-electron chi connectivity index (χ4n) is 5.59. The van der Waals surface area contributed by atoms with E-state index >= 15 is 0 Å². The lowest BCUT2D eigenvalue weighted by Gasteiger charge is -2.34. The maximum Gasteiger partial charge on any atom is 0.351 e. The molecule has 5 aromatic rings. The van der Waals surface area contributed by atoms with Gasteiger partial charge in [0.2, 0.25) is 0 Å². The van der Waals surface area contributed by atoms with Crippen molar-refractivity contribution in [3.8, 4) is 0 Å². The summed E-state index contributed by atoms with van der Waals surface area (Å²) in [5.74, 6) is -0.382. The smallest absolute Gasteiger partial charge is 0.351 e. The first-order chi connectivity index (χ1) is 18.7. The number of hydrogen-bond donors (Lipinski definition) is 1. The van der Waals surface area contributed by atoms with Crippen LogP contribution in [0, 0.1) is 6.92 Å². The number of nitrogens with one attached hydrogen (secondary N) is 1. The molecule has 0 spiro atoms. The van der Waals surface area contributed by atoms with Crippen molar-refractivity contribution in [2.45, 2.75) is 53.6 Å². The molecular weight excluding hydrogens is 490 g/mol. The van der Waals surface area contributed by atoms with E-state index in [4.69, 9.17) is 9.25 Å². The minimum Gasteiger partial charge on any atom is -0.461 e. The Hall–Kier alpha value is -4.10. The Morgan fingerprint density at radius 2 is 1.69 bits per heavy atom. The third-order valence-corrected chi connectivity index (χ3v) is 7.84. The molecule has 0 saturated carbocycles. The van der Waals surface area contributed by atoms with Gasteiger partial charge in [-0.25, -0.2) is 10.3 Å². The van der Waals surface area contributed by atoms with E-state index in [0.29, 0.717) is 22.4 Å². The van der Waals surface area contributed by atoms with Gasteiger partial charge in [0.1, 0.15) is 23.1 Å². The number of likely N-dealkylation sites (N-methyl/N-ethyl adjacent to an activating group) is 1. The first-order valence-corrected chi connectivity index (χ1v) is 13.5. The molecule has 0 saturated heterocycles. The number of carbonyl (C=O) groups is 2. The number of benzene rings is 3. The van der Waals surface area contributed by atoms with Crippen LogP contribution in [0.3, 0.4) is 0 Å². The minimum absolute atomic E-state index is 0.0101. The standard InChI is InChI=1S/C32H35N3O4/c1-7-34(8-2)32(5,6)31(37)39-33-25-19-38-30-23(25)15-17-27-28(30)24-18-21(14-16-26(24)35(27)9-3)29(36)22-13-11-10-12-20(22)4/h10-19,33H,7-9H2,1-6H3.